The molecule has 0 amide bonds. The average Bonchev–Trinajstić information content (AvgIpc) is 2.43. The molecule has 0 unspecified atom stereocenters. The molecule has 1 aromatic rings. The summed E-state index contributed by atoms with van der Waals surface area (Å²) < 4.78 is 43.1. The summed E-state index contributed by atoms with van der Waals surface area (Å²) in [5.41, 5.74) is -0.829. The van der Waals surface area contributed by atoms with E-state index in [-0.39, 0.29) is 6.54 Å². The third kappa shape index (κ3) is 3.73. The van der Waals surface area contributed by atoms with E-state index in [4.69, 9.17) is 0 Å². The maximum Gasteiger partial charge on any atom is 0.321 e. The molecule has 0 saturated heterocycles. The lowest BCUT2D eigenvalue weighted by molar-refractivity contribution is -0.387. The molecule has 8 nitrogen and oxygen atoms in total. The van der Waals surface area contributed by atoms with E-state index in [1.165, 1.54) is 6.92 Å². The largest absolute Gasteiger partial charge is 0.468 e. The molecule has 0 saturated carbocycles. The quantitative estimate of drug-likeness (QED) is 0.438. The van der Waals surface area contributed by atoms with E-state index in [0.29, 0.717) is 6.07 Å². The van der Waals surface area contributed by atoms with Crippen molar-refractivity contribution in [1.82, 2.24) is 4.31 Å². The third-order valence-electron chi connectivity index (χ3n) is 2.64. The summed E-state index contributed by atoms with van der Waals surface area (Å²) in [4.78, 5) is 20.2. The molecular formula is C11H13FN2O6S. The first-order valence-electron chi connectivity index (χ1n) is 5.75. The first-order chi connectivity index (χ1) is 9.73. The van der Waals surface area contributed by atoms with Gasteiger partial charge in [-0.05, 0) is 6.07 Å². The molecule has 0 spiro atoms. The summed E-state index contributed by atoms with van der Waals surface area (Å²) in [5, 5.41) is 10.5. The fourth-order valence-electron chi connectivity index (χ4n) is 1.52. The maximum absolute atomic E-state index is 13.5. The minimum absolute atomic E-state index is 0.0456. The lowest BCUT2D eigenvalue weighted by Crippen LogP contribution is -2.36. The lowest BCUT2D eigenvalue weighted by atomic mass is 10.3. The van der Waals surface area contributed by atoms with Gasteiger partial charge in [-0.3, -0.25) is 14.9 Å². The van der Waals surface area contributed by atoms with Crippen LogP contribution in [0.3, 0.4) is 0 Å². The number of nitrogens with zero attached hydrogens (tertiary/aromatic N) is 2. The van der Waals surface area contributed by atoms with Crippen LogP contribution in [0, 0.1) is 15.9 Å². The molecular weight excluding hydrogens is 307 g/mol. The number of ether oxygens (including phenoxy) is 1. The zero-order valence-corrected chi connectivity index (χ0v) is 12.1. The highest BCUT2D eigenvalue weighted by Gasteiger charge is 2.27. The molecule has 116 valence electrons. The number of nitro groups is 1. The summed E-state index contributed by atoms with van der Waals surface area (Å²) in [6.07, 6.45) is 0. The van der Waals surface area contributed by atoms with Gasteiger partial charge in [0.15, 0.2) is 0 Å². The summed E-state index contributed by atoms with van der Waals surface area (Å²) in [6, 6.07) is 2.22. The number of halogens is 1. The Morgan fingerprint density at radius 2 is 2.10 bits per heavy atom. The number of hydrogen-bond donors (Lipinski definition) is 0. The number of benzene rings is 1. The van der Waals surface area contributed by atoms with Gasteiger partial charge in [-0.2, -0.15) is 8.70 Å². The molecule has 0 atom stereocenters. The van der Waals surface area contributed by atoms with Gasteiger partial charge in [0.1, 0.15) is 6.54 Å². The monoisotopic (exact) mass is 320 g/mol. The number of rotatable bonds is 6. The van der Waals surface area contributed by atoms with Crippen molar-refractivity contribution >= 4 is 21.7 Å². The molecule has 0 N–H and O–H groups in total. The molecule has 10 heteroatoms. The Morgan fingerprint density at radius 1 is 1.48 bits per heavy atom. The van der Waals surface area contributed by atoms with E-state index < -0.39 is 43.9 Å². The van der Waals surface area contributed by atoms with Gasteiger partial charge >= 0.3 is 11.7 Å². The average molecular weight is 320 g/mol. The summed E-state index contributed by atoms with van der Waals surface area (Å²) >= 11 is 0. The van der Waals surface area contributed by atoms with E-state index in [2.05, 4.69) is 4.74 Å². The molecule has 1 aromatic carbocycles. The highest BCUT2D eigenvalue weighted by molar-refractivity contribution is 7.89. The number of carbonyl (C=O) groups excluding carboxylic acids is 1. The van der Waals surface area contributed by atoms with Crippen LogP contribution in [0.15, 0.2) is 23.1 Å². The summed E-state index contributed by atoms with van der Waals surface area (Å²) in [6.45, 7) is 0.909. The van der Waals surface area contributed by atoms with Crippen molar-refractivity contribution in [3.05, 3.63) is 34.1 Å². The second-order valence-electron chi connectivity index (χ2n) is 3.88. The van der Waals surface area contributed by atoms with Gasteiger partial charge in [0, 0.05) is 18.7 Å². The third-order valence-corrected chi connectivity index (χ3v) is 4.56. The van der Waals surface area contributed by atoms with Crippen LogP contribution in [-0.4, -0.2) is 43.8 Å². The number of hydrogen-bond acceptors (Lipinski definition) is 6. The number of nitro benzene ring substituents is 1. The number of methoxy groups -OCH3 is 1. The molecule has 0 aliphatic rings. The van der Waals surface area contributed by atoms with Crippen molar-refractivity contribution in [3.63, 3.8) is 0 Å². The van der Waals surface area contributed by atoms with E-state index >= 15 is 0 Å². The van der Waals surface area contributed by atoms with Gasteiger partial charge in [-0.15, -0.1) is 0 Å². The Morgan fingerprint density at radius 3 is 2.52 bits per heavy atom. The molecule has 21 heavy (non-hydrogen) atoms. The van der Waals surface area contributed by atoms with Gasteiger partial charge in [-0.1, -0.05) is 6.92 Å². The summed E-state index contributed by atoms with van der Waals surface area (Å²) in [7, 11) is -3.05. The van der Waals surface area contributed by atoms with Crippen molar-refractivity contribution < 1.29 is 27.3 Å². The molecule has 0 bridgehead atoms. The van der Waals surface area contributed by atoms with E-state index in [1.54, 1.807) is 0 Å². The fourth-order valence-corrected chi connectivity index (χ4v) is 2.93. The van der Waals surface area contributed by atoms with E-state index in [0.717, 1.165) is 23.5 Å². The van der Waals surface area contributed by atoms with Gasteiger partial charge in [0.05, 0.1) is 16.9 Å². The van der Waals surface area contributed by atoms with Gasteiger partial charge in [0.2, 0.25) is 15.8 Å². The predicted octanol–water partition coefficient (Wildman–Crippen LogP) is 0.918. The number of esters is 1. The first kappa shape index (κ1) is 17.0. The molecule has 1 rings (SSSR count). The Balaban J connectivity index is 3.20. The van der Waals surface area contributed by atoms with E-state index in [1.807, 2.05) is 0 Å². The van der Waals surface area contributed by atoms with Crippen LogP contribution < -0.4 is 0 Å². The second kappa shape index (κ2) is 6.59. The standard InChI is InChI=1S/C11H13FN2O6S/c1-3-13(7-11(15)20-2)21(18,19)8-4-5-10(14(16)17)9(12)6-8/h4-6H,3,7H2,1-2H3. The van der Waals surface area contributed by atoms with Gasteiger partial charge in [-0.25, -0.2) is 8.42 Å². The number of likely N-dealkylation sites (N-methyl/N-ethyl adjacent to an activating group) is 1. The normalized spacial score (nSPS) is 11.4. The van der Waals surface area contributed by atoms with Crippen LogP contribution in [0.4, 0.5) is 10.1 Å². The van der Waals surface area contributed by atoms with Crippen molar-refractivity contribution in [2.75, 3.05) is 20.2 Å². The molecule has 0 aliphatic heterocycles. The lowest BCUT2D eigenvalue weighted by Gasteiger charge is -2.19. The van der Waals surface area contributed by atoms with Crippen molar-refractivity contribution in [2.45, 2.75) is 11.8 Å². The summed E-state index contributed by atoms with van der Waals surface area (Å²) in [5.74, 6) is -2.04. The van der Waals surface area contributed by atoms with Gasteiger partial charge < -0.3 is 4.74 Å². The fraction of sp³-hybridized carbons (Fsp3) is 0.364. The number of carbonyl (C=O) groups is 1. The Bertz CT molecular complexity index is 661. The zero-order valence-electron chi connectivity index (χ0n) is 11.3. The topological polar surface area (TPSA) is 107 Å². The highest BCUT2D eigenvalue weighted by atomic mass is 32.2. The minimum atomic E-state index is -4.15. The Hall–Kier alpha value is -2.07. The van der Waals surface area contributed by atoms with Crippen LogP contribution in [0.1, 0.15) is 6.92 Å². The smallest absolute Gasteiger partial charge is 0.321 e. The Kier molecular flexibility index (Phi) is 5.33. The molecule has 0 heterocycles. The van der Waals surface area contributed by atoms with Crippen LogP contribution in [-0.2, 0) is 19.6 Å². The zero-order chi connectivity index (χ0) is 16.2. The van der Waals surface area contributed by atoms with Crippen LogP contribution in [0.2, 0.25) is 0 Å². The molecule has 0 aliphatic carbocycles. The van der Waals surface area contributed by atoms with Crippen LogP contribution in [0.25, 0.3) is 0 Å². The minimum Gasteiger partial charge on any atom is -0.468 e. The second-order valence-corrected chi connectivity index (χ2v) is 5.82. The van der Waals surface area contributed by atoms with Crippen LogP contribution in [0.5, 0.6) is 0 Å². The SMILES string of the molecule is CCN(CC(=O)OC)S(=O)(=O)c1ccc([N+](=O)[O-])c(F)c1. The van der Waals surface area contributed by atoms with Crippen LogP contribution >= 0.6 is 0 Å². The predicted molar refractivity (Wildman–Crippen MR) is 69.5 cm³/mol. The van der Waals surface area contributed by atoms with Crippen molar-refractivity contribution in [1.29, 1.82) is 0 Å². The Labute approximate surface area is 120 Å². The van der Waals surface area contributed by atoms with E-state index in [9.17, 15) is 27.7 Å². The highest BCUT2D eigenvalue weighted by Crippen LogP contribution is 2.23. The number of sulfonamides is 1. The van der Waals surface area contributed by atoms with Crippen molar-refractivity contribution in [3.8, 4) is 0 Å². The first-order valence-corrected chi connectivity index (χ1v) is 7.19. The maximum atomic E-state index is 13.5. The molecule has 0 fully saturated rings. The van der Waals surface area contributed by atoms with Gasteiger partial charge in [0.25, 0.3) is 0 Å². The molecule has 0 radical (unpaired) electrons. The van der Waals surface area contributed by atoms with Crippen molar-refractivity contribution in [2.24, 2.45) is 0 Å². The molecule has 0 aromatic heterocycles.